The molecule has 1 aliphatic carbocycles. The molecule has 2 N–H and O–H groups in total. The van der Waals surface area contributed by atoms with Crippen molar-refractivity contribution in [1.82, 2.24) is 9.72 Å². The molecule has 0 radical (unpaired) electrons. The van der Waals surface area contributed by atoms with Crippen molar-refractivity contribution >= 4 is 0 Å². The molecule has 17 heavy (non-hydrogen) atoms. The summed E-state index contributed by atoms with van der Waals surface area (Å²) >= 11 is 0. The Hall–Kier alpha value is -1.55. The Balaban J connectivity index is 1.85. The van der Waals surface area contributed by atoms with Gasteiger partial charge in [0.1, 0.15) is 11.5 Å². The van der Waals surface area contributed by atoms with E-state index in [1.54, 1.807) is 0 Å². The second kappa shape index (κ2) is 4.04. The molecule has 2 aromatic rings. The smallest absolute Gasteiger partial charge is 0.133 e. The lowest BCUT2D eigenvalue weighted by Gasteiger charge is -2.17. The number of fused-ring (bicyclic) bond motifs is 1. The highest BCUT2D eigenvalue weighted by Crippen LogP contribution is 2.28. The predicted octanol–water partition coefficient (Wildman–Crippen LogP) is 2.17. The minimum atomic E-state index is 0.207. The van der Waals surface area contributed by atoms with Crippen LogP contribution in [0.4, 0.5) is 0 Å². The van der Waals surface area contributed by atoms with Gasteiger partial charge in [-0.1, -0.05) is 5.16 Å². The van der Waals surface area contributed by atoms with Gasteiger partial charge in [0.05, 0.1) is 6.54 Å². The van der Waals surface area contributed by atoms with Crippen molar-refractivity contribution in [3.63, 3.8) is 0 Å². The van der Waals surface area contributed by atoms with Crippen molar-refractivity contribution in [2.45, 2.75) is 38.8 Å². The Morgan fingerprint density at radius 1 is 1.53 bits per heavy atom. The van der Waals surface area contributed by atoms with Crippen LogP contribution in [0.5, 0.6) is 0 Å². The van der Waals surface area contributed by atoms with Crippen LogP contribution in [0, 0.1) is 6.92 Å². The number of aryl methyl sites for hydroxylation is 2. The Labute approximate surface area is 100 Å². The van der Waals surface area contributed by atoms with Crippen LogP contribution in [-0.2, 0) is 13.0 Å². The largest absolute Gasteiger partial charge is 0.361 e. The zero-order valence-corrected chi connectivity index (χ0v) is 10.0. The van der Waals surface area contributed by atoms with E-state index >= 15 is 0 Å². The van der Waals surface area contributed by atoms with E-state index in [2.05, 4.69) is 22.1 Å². The molecule has 0 aromatic carbocycles. The van der Waals surface area contributed by atoms with E-state index in [1.165, 1.54) is 17.5 Å². The van der Waals surface area contributed by atoms with Gasteiger partial charge in [-0.15, -0.1) is 0 Å². The van der Waals surface area contributed by atoms with Crippen LogP contribution >= 0.6 is 0 Å². The Bertz CT molecular complexity index is 527. The van der Waals surface area contributed by atoms with Gasteiger partial charge in [0.25, 0.3) is 0 Å². The van der Waals surface area contributed by atoms with Crippen LogP contribution in [-0.4, -0.2) is 9.72 Å². The third-order valence-corrected chi connectivity index (χ3v) is 3.38. The maximum atomic E-state index is 6.11. The van der Waals surface area contributed by atoms with E-state index in [0.717, 1.165) is 30.8 Å². The van der Waals surface area contributed by atoms with Crippen molar-refractivity contribution in [3.05, 3.63) is 41.0 Å². The summed E-state index contributed by atoms with van der Waals surface area (Å²) in [6.45, 7) is 2.67. The van der Waals surface area contributed by atoms with Crippen molar-refractivity contribution in [2.75, 3.05) is 0 Å². The van der Waals surface area contributed by atoms with Crippen LogP contribution in [0.15, 0.2) is 23.0 Å². The van der Waals surface area contributed by atoms with Crippen LogP contribution in [0.2, 0.25) is 0 Å². The van der Waals surface area contributed by atoms with Crippen LogP contribution in [0.1, 0.15) is 41.5 Å². The quantitative estimate of drug-likeness (QED) is 0.861. The molecule has 3 rings (SSSR count). The molecule has 4 heteroatoms. The fourth-order valence-corrected chi connectivity index (χ4v) is 2.56. The molecular weight excluding hydrogens is 214 g/mol. The zero-order chi connectivity index (χ0) is 11.8. The first-order valence-electron chi connectivity index (χ1n) is 6.08. The van der Waals surface area contributed by atoms with Gasteiger partial charge in [-0.2, -0.15) is 0 Å². The molecule has 1 atom stereocenters. The maximum absolute atomic E-state index is 6.11. The molecule has 0 bridgehead atoms. The van der Waals surface area contributed by atoms with Crippen molar-refractivity contribution < 1.29 is 4.52 Å². The zero-order valence-electron chi connectivity index (χ0n) is 10.0. The average Bonchev–Trinajstić information content (AvgIpc) is 2.86. The van der Waals surface area contributed by atoms with Gasteiger partial charge in [0.15, 0.2) is 0 Å². The fraction of sp³-hybridized carbons (Fsp3) is 0.462. The number of rotatable bonds is 2. The van der Waals surface area contributed by atoms with Crippen LogP contribution in [0.3, 0.4) is 0 Å². The summed E-state index contributed by atoms with van der Waals surface area (Å²) in [5.74, 6) is 0.855. The molecule has 1 unspecified atom stereocenters. The first kappa shape index (κ1) is 10.6. The Morgan fingerprint density at radius 3 is 3.12 bits per heavy atom. The van der Waals surface area contributed by atoms with E-state index in [-0.39, 0.29) is 6.04 Å². The van der Waals surface area contributed by atoms with E-state index in [9.17, 15) is 0 Å². The van der Waals surface area contributed by atoms with Gasteiger partial charge in [0.2, 0.25) is 0 Å². The number of nitrogens with two attached hydrogens (primary N) is 1. The third kappa shape index (κ3) is 2.00. The van der Waals surface area contributed by atoms with E-state index in [1.807, 2.05) is 13.0 Å². The fourth-order valence-electron chi connectivity index (χ4n) is 2.56. The third-order valence-electron chi connectivity index (χ3n) is 3.38. The maximum Gasteiger partial charge on any atom is 0.133 e. The Morgan fingerprint density at radius 2 is 2.41 bits per heavy atom. The predicted molar refractivity (Wildman–Crippen MR) is 64.6 cm³/mol. The topological polar surface area (TPSA) is 57.0 Å². The highest BCUT2D eigenvalue weighted by molar-refractivity contribution is 5.30. The summed E-state index contributed by atoms with van der Waals surface area (Å²) in [6, 6.07) is 2.18. The number of hydrogen-bond acceptors (Lipinski definition) is 3. The molecule has 4 nitrogen and oxygen atoms in total. The minimum absolute atomic E-state index is 0.207. The van der Waals surface area contributed by atoms with Crippen molar-refractivity contribution in [1.29, 1.82) is 0 Å². The van der Waals surface area contributed by atoms with Gasteiger partial charge >= 0.3 is 0 Å². The first-order chi connectivity index (χ1) is 8.22. The highest BCUT2D eigenvalue weighted by Gasteiger charge is 2.18. The summed E-state index contributed by atoms with van der Waals surface area (Å²) in [6.07, 6.45) is 7.79. The molecule has 0 fully saturated rings. The van der Waals surface area contributed by atoms with E-state index in [4.69, 9.17) is 10.3 Å². The summed E-state index contributed by atoms with van der Waals surface area (Å²) in [5, 5.41) is 4.01. The number of hydrogen-bond donors (Lipinski definition) is 1. The average molecular weight is 231 g/mol. The lowest BCUT2D eigenvalue weighted by atomic mass is 9.92. The SMILES string of the molecule is Cc1cc(Cn2cc3c(c2)C(N)CCC3)no1. The summed E-state index contributed by atoms with van der Waals surface area (Å²) in [5.41, 5.74) is 9.77. The molecule has 0 spiro atoms. The van der Waals surface area contributed by atoms with Gasteiger partial charge in [-0.05, 0) is 37.3 Å². The van der Waals surface area contributed by atoms with Gasteiger partial charge < -0.3 is 14.8 Å². The molecule has 90 valence electrons. The van der Waals surface area contributed by atoms with Crippen molar-refractivity contribution in [2.24, 2.45) is 5.73 Å². The van der Waals surface area contributed by atoms with E-state index in [0.29, 0.717) is 0 Å². The van der Waals surface area contributed by atoms with Gasteiger partial charge in [0, 0.05) is 24.5 Å². The molecule has 0 saturated carbocycles. The number of nitrogens with zero attached hydrogens (tertiary/aromatic N) is 2. The first-order valence-corrected chi connectivity index (χ1v) is 6.08. The van der Waals surface area contributed by atoms with Crippen molar-refractivity contribution in [3.8, 4) is 0 Å². The molecule has 2 heterocycles. The van der Waals surface area contributed by atoms with Gasteiger partial charge in [-0.3, -0.25) is 0 Å². The summed E-state index contributed by atoms with van der Waals surface area (Å²) in [4.78, 5) is 0. The van der Waals surface area contributed by atoms with Crippen LogP contribution < -0.4 is 5.73 Å². The van der Waals surface area contributed by atoms with Crippen LogP contribution in [0.25, 0.3) is 0 Å². The Kier molecular flexibility index (Phi) is 2.52. The summed E-state index contributed by atoms with van der Waals surface area (Å²) in [7, 11) is 0. The molecule has 0 aliphatic heterocycles. The monoisotopic (exact) mass is 231 g/mol. The molecule has 0 saturated heterocycles. The molecule has 2 aromatic heterocycles. The second-order valence-corrected chi connectivity index (χ2v) is 4.84. The summed E-state index contributed by atoms with van der Waals surface area (Å²) < 4.78 is 7.23. The minimum Gasteiger partial charge on any atom is -0.361 e. The highest BCUT2D eigenvalue weighted by atomic mass is 16.5. The molecule has 1 aliphatic rings. The molecule has 0 amide bonds. The van der Waals surface area contributed by atoms with Gasteiger partial charge in [-0.25, -0.2) is 0 Å². The second-order valence-electron chi connectivity index (χ2n) is 4.84. The van der Waals surface area contributed by atoms with E-state index < -0.39 is 0 Å². The number of aromatic nitrogens is 2. The molecular formula is C13H17N3O. The normalized spacial score (nSPS) is 19.3. The lowest BCUT2D eigenvalue weighted by Crippen LogP contribution is -2.15. The standard InChI is InChI=1S/C13H17N3O/c1-9-5-11(15-17-9)7-16-6-10-3-2-4-13(14)12(10)8-16/h5-6,8,13H,2-4,7,14H2,1H3. The lowest BCUT2D eigenvalue weighted by molar-refractivity contribution is 0.389.